The lowest BCUT2D eigenvalue weighted by Gasteiger charge is -2.32. The van der Waals surface area contributed by atoms with Gasteiger partial charge >= 0.3 is 0 Å². The van der Waals surface area contributed by atoms with Crippen LogP contribution in [0.4, 0.5) is 0 Å². The van der Waals surface area contributed by atoms with Crippen molar-refractivity contribution >= 4 is 26.5 Å². The Morgan fingerprint density at radius 3 is 1.19 bits per heavy atom. The van der Waals surface area contributed by atoms with Crippen molar-refractivity contribution in [1.29, 1.82) is 0 Å². The molecule has 0 bridgehead atoms. The Labute approximate surface area is 102 Å². The first-order valence-corrected chi connectivity index (χ1v) is 13.4. The molecule has 1 aromatic rings. The van der Waals surface area contributed by atoms with Gasteiger partial charge in [-0.2, -0.15) is 0 Å². The minimum Gasteiger partial charge on any atom is -0.0656 e. The van der Waals surface area contributed by atoms with E-state index in [1.807, 2.05) is 0 Å². The molecule has 2 heteroatoms. The van der Waals surface area contributed by atoms with Crippen LogP contribution in [0.2, 0.25) is 39.3 Å². The van der Waals surface area contributed by atoms with Crippen molar-refractivity contribution in [2.75, 3.05) is 0 Å². The summed E-state index contributed by atoms with van der Waals surface area (Å²) in [5, 5.41) is 3.48. The minimum atomic E-state index is -1.17. The average Bonchev–Trinajstić information content (AvgIpc) is 2.02. The molecule has 88 valence electrons. The molecule has 1 aliphatic carbocycles. The summed E-state index contributed by atoms with van der Waals surface area (Å²) in [6.45, 7) is 14.9. The van der Waals surface area contributed by atoms with Gasteiger partial charge in [-0.1, -0.05) is 61.8 Å². The highest BCUT2D eigenvalue weighted by Gasteiger charge is 2.30. The van der Waals surface area contributed by atoms with Crippen molar-refractivity contribution in [2.45, 2.75) is 52.1 Å². The molecule has 2 rings (SSSR count). The van der Waals surface area contributed by atoms with Crippen LogP contribution in [0.5, 0.6) is 0 Å². The number of rotatable bonds is 2. The summed E-state index contributed by atoms with van der Waals surface area (Å²) in [6.07, 6.45) is 2.64. The van der Waals surface area contributed by atoms with E-state index in [4.69, 9.17) is 0 Å². The highest BCUT2D eigenvalue weighted by atomic mass is 28.3. The molecule has 0 saturated heterocycles. The Bertz CT molecular complexity index is 379. The molecule has 0 aromatic heterocycles. The fourth-order valence-corrected chi connectivity index (χ4v) is 7.71. The number of benzene rings is 1. The summed E-state index contributed by atoms with van der Waals surface area (Å²) < 4.78 is 0. The van der Waals surface area contributed by atoms with E-state index in [0.29, 0.717) is 0 Å². The monoisotopic (exact) mass is 248 g/mol. The Morgan fingerprint density at radius 2 is 1.00 bits per heavy atom. The van der Waals surface area contributed by atoms with Crippen molar-refractivity contribution in [3.8, 4) is 0 Å². The van der Waals surface area contributed by atoms with Crippen LogP contribution in [0.25, 0.3) is 0 Å². The fraction of sp³-hybridized carbons (Fsp3) is 0.571. The van der Waals surface area contributed by atoms with Gasteiger partial charge in [0.2, 0.25) is 0 Å². The quantitative estimate of drug-likeness (QED) is 0.706. The summed E-state index contributed by atoms with van der Waals surface area (Å²) in [5.74, 6) is 0. The molecular formula is C14H24Si2. The van der Waals surface area contributed by atoms with Crippen molar-refractivity contribution < 1.29 is 0 Å². The first kappa shape index (κ1) is 12.1. The standard InChI is InChI=1S/C14H24Si2/c1-15(2,3)13-9-11-7-8-12(11)10-14(13)16(4,5)6/h9-10H,7-8H2,1-6H3. The summed E-state index contributed by atoms with van der Waals surface area (Å²) in [6, 6.07) is 5.11. The van der Waals surface area contributed by atoms with Crippen LogP contribution in [0.1, 0.15) is 11.1 Å². The van der Waals surface area contributed by atoms with Crippen molar-refractivity contribution in [3.63, 3.8) is 0 Å². The highest BCUT2D eigenvalue weighted by Crippen LogP contribution is 2.22. The summed E-state index contributed by atoms with van der Waals surface area (Å²) in [7, 11) is -2.35. The predicted molar refractivity (Wildman–Crippen MR) is 79.8 cm³/mol. The van der Waals surface area contributed by atoms with Gasteiger partial charge in [0.15, 0.2) is 0 Å². The van der Waals surface area contributed by atoms with Crippen LogP contribution in [0, 0.1) is 0 Å². The normalized spacial score (nSPS) is 15.6. The topological polar surface area (TPSA) is 0 Å². The molecule has 0 aliphatic heterocycles. The third kappa shape index (κ3) is 2.05. The smallest absolute Gasteiger partial charge is 0.0656 e. The van der Waals surface area contributed by atoms with E-state index in [0.717, 1.165) is 0 Å². The maximum absolute atomic E-state index is 2.55. The molecule has 0 saturated carbocycles. The van der Waals surface area contributed by atoms with Crippen molar-refractivity contribution in [3.05, 3.63) is 23.3 Å². The molecule has 0 radical (unpaired) electrons. The lowest BCUT2D eigenvalue weighted by molar-refractivity contribution is 0.842. The van der Waals surface area contributed by atoms with Crippen LogP contribution >= 0.6 is 0 Å². The van der Waals surface area contributed by atoms with Gasteiger partial charge in [0.25, 0.3) is 0 Å². The first-order chi connectivity index (χ1) is 7.19. The second kappa shape index (κ2) is 3.57. The van der Waals surface area contributed by atoms with Crippen LogP contribution in [0.3, 0.4) is 0 Å². The van der Waals surface area contributed by atoms with Gasteiger partial charge in [-0.05, 0) is 24.0 Å². The summed E-state index contributed by atoms with van der Waals surface area (Å²) in [4.78, 5) is 0. The Balaban J connectivity index is 2.62. The first-order valence-electron chi connectivity index (χ1n) is 6.36. The molecule has 1 aliphatic rings. The zero-order chi connectivity index (χ0) is 12.1. The van der Waals surface area contributed by atoms with Gasteiger partial charge in [-0.15, -0.1) is 0 Å². The van der Waals surface area contributed by atoms with Gasteiger partial charge in [-0.25, -0.2) is 0 Å². The second-order valence-corrected chi connectivity index (χ2v) is 17.2. The Kier molecular flexibility index (Phi) is 2.71. The van der Waals surface area contributed by atoms with Crippen LogP contribution in [0.15, 0.2) is 12.1 Å². The molecule has 0 amide bonds. The number of aryl methyl sites for hydroxylation is 2. The maximum Gasteiger partial charge on any atom is 0.0774 e. The largest absolute Gasteiger partial charge is 0.0774 e. The number of hydrogen-bond acceptors (Lipinski definition) is 0. The molecule has 16 heavy (non-hydrogen) atoms. The van der Waals surface area contributed by atoms with Crippen molar-refractivity contribution in [2.24, 2.45) is 0 Å². The molecule has 0 N–H and O–H groups in total. The molecule has 0 fully saturated rings. The lowest BCUT2D eigenvalue weighted by atomic mass is 9.89. The molecular weight excluding hydrogens is 224 g/mol. The lowest BCUT2D eigenvalue weighted by Crippen LogP contribution is -2.57. The molecule has 0 heterocycles. The zero-order valence-electron chi connectivity index (χ0n) is 11.6. The van der Waals surface area contributed by atoms with Crippen LogP contribution in [-0.2, 0) is 12.8 Å². The van der Waals surface area contributed by atoms with Gasteiger partial charge in [0.1, 0.15) is 0 Å². The number of hydrogen-bond donors (Lipinski definition) is 0. The van der Waals surface area contributed by atoms with E-state index in [1.165, 1.54) is 12.8 Å². The molecule has 0 spiro atoms. The van der Waals surface area contributed by atoms with E-state index in [1.54, 1.807) is 21.5 Å². The predicted octanol–water partition coefficient (Wildman–Crippen LogP) is 2.88. The van der Waals surface area contributed by atoms with E-state index < -0.39 is 16.1 Å². The molecule has 1 aromatic carbocycles. The average molecular weight is 249 g/mol. The molecule has 0 nitrogen and oxygen atoms in total. The minimum absolute atomic E-state index is 1.17. The third-order valence-corrected chi connectivity index (χ3v) is 7.93. The highest BCUT2D eigenvalue weighted by molar-refractivity contribution is 6.98. The van der Waals surface area contributed by atoms with Crippen LogP contribution < -0.4 is 10.4 Å². The van der Waals surface area contributed by atoms with E-state index >= 15 is 0 Å². The third-order valence-electron chi connectivity index (χ3n) is 3.62. The molecule has 0 unspecified atom stereocenters. The second-order valence-electron chi connectivity index (χ2n) is 7.17. The fourth-order valence-electron chi connectivity index (χ4n) is 2.49. The zero-order valence-corrected chi connectivity index (χ0v) is 13.6. The SMILES string of the molecule is C[Si](C)(C)c1cc2c(cc1[Si](C)(C)C)CC2. The number of fused-ring (bicyclic) bond motifs is 1. The van der Waals surface area contributed by atoms with Gasteiger partial charge in [0.05, 0.1) is 16.1 Å². The van der Waals surface area contributed by atoms with Crippen molar-refractivity contribution in [1.82, 2.24) is 0 Å². The molecule has 0 atom stereocenters. The Hall–Kier alpha value is -0.346. The van der Waals surface area contributed by atoms with Gasteiger partial charge in [-0.3, -0.25) is 0 Å². The van der Waals surface area contributed by atoms with E-state index in [2.05, 4.69) is 51.4 Å². The van der Waals surface area contributed by atoms with E-state index in [9.17, 15) is 0 Å². The van der Waals surface area contributed by atoms with Gasteiger partial charge < -0.3 is 0 Å². The van der Waals surface area contributed by atoms with Gasteiger partial charge in [0, 0.05) is 0 Å². The Morgan fingerprint density at radius 1 is 0.688 bits per heavy atom. The summed E-state index contributed by atoms with van der Waals surface area (Å²) in [5.41, 5.74) is 3.28. The maximum atomic E-state index is 2.55. The van der Waals surface area contributed by atoms with E-state index in [-0.39, 0.29) is 0 Å². The summed E-state index contributed by atoms with van der Waals surface area (Å²) >= 11 is 0. The van der Waals surface area contributed by atoms with Crippen LogP contribution in [-0.4, -0.2) is 16.1 Å².